The first-order valence-corrected chi connectivity index (χ1v) is 5.83. The third kappa shape index (κ3) is 3.25. The highest BCUT2D eigenvalue weighted by atomic mass is 16.6. The fourth-order valence-electron chi connectivity index (χ4n) is 1.70. The predicted octanol–water partition coefficient (Wildman–Crippen LogP) is 2.24. The number of nitro groups is 1. The number of non-ortho nitro benzene ring substituents is 1. The molecule has 0 bridgehead atoms. The number of ketones is 1. The average molecular weight is 259 g/mol. The lowest BCUT2D eigenvalue weighted by molar-refractivity contribution is -0.384. The van der Waals surface area contributed by atoms with E-state index >= 15 is 0 Å². The first kappa shape index (κ1) is 12.9. The molecular formula is C13H13N3O3. The van der Waals surface area contributed by atoms with Crippen LogP contribution in [-0.4, -0.2) is 20.5 Å². The Hall–Kier alpha value is -2.50. The van der Waals surface area contributed by atoms with E-state index in [1.54, 1.807) is 23.0 Å². The van der Waals surface area contributed by atoms with Crippen molar-refractivity contribution in [3.63, 3.8) is 0 Å². The number of nitrogens with zero attached hydrogens (tertiary/aromatic N) is 3. The fourth-order valence-corrected chi connectivity index (χ4v) is 1.70. The van der Waals surface area contributed by atoms with Gasteiger partial charge in [-0.05, 0) is 18.9 Å². The number of aromatic nitrogens is 2. The Morgan fingerprint density at radius 3 is 2.58 bits per heavy atom. The van der Waals surface area contributed by atoms with Crippen LogP contribution >= 0.6 is 0 Å². The summed E-state index contributed by atoms with van der Waals surface area (Å²) >= 11 is 0. The summed E-state index contributed by atoms with van der Waals surface area (Å²) in [6.07, 6.45) is 3.95. The van der Waals surface area contributed by atoms with Crippen molar-refractivity contribution in [3.05, 3.63) is 57.9 Å². The fraction of sp³-hybridized carbons (Fsp3) is 0.231. The maximum Gasteiger partial charge on any atom is 0.269 e. The second kappa shape index (κ2) is 5.43. The molecule has 1 heterocycles. The predicted molar refractivity (Wildman–Crippen MR) is 69.0 cm³/mol. The van der Waals surface area contributed by atoms with Crippen LogP contribution in [0, 0.1) is 10.1 Å². The number of Topliss-reactive ketones (excluding diaryl/α,β-unsaturated/α-hetero) is 1. The minimum atomic E-state index is -0.420. The Morgan fingerprint density at radius 2 is 2.05 bits per heavy atom. The zero-order valence-corrected chi connectivity index (χ0v) is 10.4. The summed E-state index contributed by atoms with van der Waals surface area (Å²) in [7, 11) is 0. The summed E-state index contributed by atoms with van der Waals surface area (Å²) in [5.74, 6) is -0.0124. The molecule has 2 rings (SSSR count). The molecule has 0 saturated carbocycles. The number of aryl methyl sites for hydroxylation is 2. The molecule has 0 radical (unpaired) electrons. The Balaban J connectivity index is 1.97. The van der Waals surface area contributed by atoms with Gasteiger partial charge in [-0.1, -0.05) is 12.1 Å². The minimum Gasteiger partial charge on any atom is -0.294 e. The lowest BCUT2D eigenvalue weighted by Crippen LogP contribution is -2.02. The van der Waals surface area contributed by atoms with Gasteiger partial charge in [0.25, 0.3) is 5.69 Å². The smallest absolute Gasteiger partial charge is 0.269 e. The van der Waals surface area contributed by atoms with Crippen LogP contribution < -0.4 is 0 Å². The molecule has 6 heteroatoms. The topological polar surface area (TPSA) is 78.0 Å². The Kier molecular flexibility index (Phi) is 3.70. The molecule has 0 atom stereocenters. The van der Waals surface area contributed by atoms with E-state index in [9.17, 15) is 14.9 Å². The largest absolute Gasteiger partial charge is 0.294 e. The van der Waals surface area contributed by atoms with Crippen LogP contribution in [0.5, 0.6) is 0 Å². The summed E-state index contributed by atoms with van der Waals surface area (Å²) in [5, 5.41) is 14.6. The monoisotopic (exact) mass is 259 g/mol. The van der Waals surface area contributed by atoms with Crippen LogP contribution in [0.1, 0.15) is 22.8 Å². The molecule has 0 aliphatic heterocycles. The second-order valence-electron chi connectivity index (χ2n) is 4.22. The van der Waals surface area contributed by atoms with Crippen LogP contribution in [0.2, 0.25) is 0 Å². The van der Waals surface area contributed by atoms with Crippen molar-refractivity contribution in [2.75, 3.05) is 0 Å². The average Bonchev–Trinajstić information content (AvgIpc) is 2.86. The van der Waals surface area contributed by atoms with Gasteiger partial charge < -0.3 is 0 Å². The van der Waals surface area contributed by atoms with Gasteiger partial charge in [-0.15, -0.1) is 0 Å². The molecule has 0 spiro atoms. The minimum absolute atomic E-state index is 0.0124. The van der Waals surface area contributed by atoms with Crippen molar-refractivity contribution in [1.82, 2.24) is 9.78 Å². The van der Waals surface area contributed by atoms with Gasteiger partial charge in [-0.3, -0.25) is 19.6 Å². The van der Waals surface area contributed by atoms with Gasteiger partial charge in [0.2, 0.25) is 0 Å². The Labute approximate surface area is 109 Å². The molecule has 0 unspecified atom stereocenters. The number of nitro benzene ring substituents is 1. The molecule has 1 aromatic heterocycles. The van der Waals surface area contributed by atoms with Crippen LogP contribution in [0.15, 0.2) is 36.7 Å². The van der Waals surface area contributed by atoms with Crippen molar-refractivity contribution < 1.29 is 9.72 Å². The standard InChI is InChI=1S/C13H13N3O3/c1-10(17)12-8-14-15(9-12)7-6-11-2-4-13(5-3-11)16(18)19/h2-5,8-9H,6-7H2,1H3. The van der Waals surface area contributed by atoms with Gasteiger partial charge in [0.15, 0.2) is 5.78 Å². The number of rotatable bonds is 5. The van der Waals surface area contributed by atoms with Gasteiger partial charge in [0, 0.05) is 24.9 Å². The number of benzene rings is 1. The molecule has 0 N–H and O–H groups in total. The molecule has 0 fully saturated rings. The maximum absolute atomic E-state index is 11.1. The summed E-state index contributed by atoms with van der Waals surface area (Å²) in [4.78, 5) is 21.2. The molecule has 98 valence electrons. The van der Waals surface area contributed by atoms with Crippen LogP contribution in [-0.2, 0) is 13.0 Å². The highest BCUT2D eigenvalue weighted by molar-refractivity contribution is 5.93. The summed E-state index contributed by atoms with van der Waals surface area (Å²) in [6.45, 7) is 2.13. The van der Waals surface area contributed by atoms with Crippen molar-refractivity contribution in [3.8, 4) is 0 Å². The molecule has 6 nitrogen and oxygen atoms in total. The van der Waals surface area contributed by atoms with Crippen molar-refractivity contribution in [1.29, 1.82) is 0 Å². The second-order valence-corrected chi connectivity index (χ2v) is 4.22. The molecule has 0 saturated heterocycles. The lowest BCUT2D eigenvalue weighted by atomic mass is 10.1. The third-order valence-electron chi connectivity index (χ3n) is 2.82. The summed E-state index contributed by atoms with van der Waals surface area (Å²) < 4.78 is 1.69. The van der Waals surface area contributed by atoms with Crippen LogP contribution in [0.4, 0.5) is 5.69 Å². The molecular weight excluding hydrogens is 246 g/mol. The SMILES string of the molecule is CC(=O)c1cnn(CCc2ccc([N+](=O)[O-])cc2)c1. The van der Waals surface area contributed by atoms with E-state index in [1.807, 2.05) is 0 Å². The third-order valence-corrected chi connectivity index (χ3v) is 2.82. The quantitative estimate of drug-likeness (QED) is 0.468. The van der Waals surface area contributed by atoms with Gasteiger partial charge in [0.1, 0.15) is 0 Å². The van der Waals surface area contributed by atoms with Gasteiger partial charge >= 0.3 is 0 Å². The molecule has 19 heavy (non-hydrogen) atoms. The van der Waals surface area contributed by atoms with Gasteiger partial charge in [0.05, 0.1) is 16.7 Å². The molecule has 0 aliphatic rings. The highest BCUT2D eigenvalue weighted by Gasteiger charge is 2.05. The first-order valence-electron chi connectivity index (χ1n) is 5.83. The van der Waals surface area contributed by atoms with E-state index in [-0.39, 0.29) is 11.5 Å². The summed E-state index contributed by atoms with van der Waals surface area (Å²) in [6, 6.07) is 6.43. The van der Waals surface area contributed by atoms with E-state index in [2.05, 4.69) is 5.10 Å². The molecule has 1 aromatic carbocycles. The van der Waals surface area contributed by atoms with Crippen LogP contribution in [0.3, 0.4) is 0 Å². The van der Waals surface area contributed by atoms with Crippen molar-refractivity contribution >= 4 is 11.5 Å². The lowest BCUT2D eigenvalue weighted by Gasteiger charge is -2.01. The number of carbonyl (C=O) groups is 1. The van der Waals surface area contributed by atoms with Gasteiger partial charge in [-0.25, -0.2) is 0 Å². The van der Waals surface area contributed by atoms with E-state index in [4.69, 9.17) is 0 Å². The number of carbonyl (C=O) groups excluding carboxylic acids is 1. The van der Waals surface area contributed by atoms with Gasteiger partial charge in [-0.2, -0.15) is 5.10 Å². The zero-order valence-electron chi connectivity index (χ0n) is 10.4. The normalized spacial score (nSPS) is 10.4. The zero-order chi connectivity index (χ0) is 13.8. The summed E-state index contributed by atoms with van der Waals surface area (Å²) in [5.41, 5.74) is 1.66. The highest BCUT2D eigenvalue weighted by Crippen LogP contribution is 2.12. The van der Waals surface area contributed by atoms with Crippen molar-refractivity contribution in [2.45, 2.75) is 19.9 Å². The van der Waals surface area contributed by atoms with Crippen LogP contribution in [0.25, 0.3) is 0 Å². The van der Waals surface area contributed by atoms with E-state index in [0.29, 0.717) is 18.5 Å². The maximum atomic E-state index is 11.1. The van der Waals surface area contributed by atoms with Crippen molar-refractivity contribution in [2.24, 2.45) is 0 Å². The first-order chi connectivity index (χ1) is 9.06. The Bertz CT molecular complexity index is 602. The number of hydrogen-bond donors (Lipinski definition) is 0. The molecule has 2 aromatic rings. The molecule has 0 amide bonds. The van der Waals surface area contributed by atoms with E-state index < -0.39 is 4.92 Å². The number of hydrogen-bond acceptors (Lipinski definition) is 4. The van der Waals surface area contributed by atoms with E-state index in [0.717, 1.165) is 5.56 Å². The Morgan fingerprint density at radius 1 is 1.37 bits per heavy atom. The van der Waals surface area contributed by atoms with E-state index in [1.165, 1.54) is 25.3 Å². The molecule has 0 aliphatic carbocycles.